The van der Waals surface area contributed by atoms with E-state index in [1.807, 2.05) is 0 Å². The van der Waals surface area contributed by atoms with E-state index in [0.717, 1.165) is 54.7 Å². The number of fused-ring (bicyclic) bond motifs is 6. The number of aliphatic hydroxyl groups excluding tert-OH is 6. The average Bonchev–Trinajstić information content (AvgIpc) is 3.66. The second kappa shape index (κ2) is 25.5. The van der Waals surface area contributed by atoms with E-state index in [-0.39, 0.29) is 99.8 Å². The molecule has 28 nitrogen and oxygen atoms in total. The van der Waals surface area contributed by atoms with Crippen LogP contribution >= 0.6 is 35.2 Å². The molecular weight excluding hydrogens is 1140 g/mol. The van der Waals surface area contributed by atoms with E-state index in [4.69, 9.17) is 19.5 Å². The molecule has 2 aromatic heterocycles. The van der Waals surface area contributed by atoms with Gasteiger partial charge in [-0.25, -0.2) is 28.6 Å². The van der Waals surface area contributed by atoms with Gasteiger partial charge in [-0.1, -0.05) is 53.3 Å². The number of nitrogen functional groups attached to an aromatic ring is 1. The first kappa shape index (κ1) is 65.0. The highest BCUT2D eigenvalue weighted by Gasteiger charge is 2.66. The minimum absolute atomic E-state index is 0.0198. The van der Waals surface area contributed by atoms with Crippen LogP contribution in [0.4, 0.5) is 5.82 Å². The molecule has 3 heterocycles. The van der Waals surface area contributed by atoms with Crippen molar-refractivity contribution in [2.75, 3.05) is 37.8 Å². The molecule has 1 saturated heterocycles. The van der Waals surface area contributed by atoms with Crippen LogP contribution in [0.25, 0.3) is 11.2 Å². The van der Waals surface area contributed by atoms with Crippen molar-refractivity contribution < 1.29 is 101 Å². The predicted octanol–water partition coefficient (Wildman–Crippen LogP) is 2.04. The highest BCUT2D eigenvalue weighted by Crippen LogP contribution is 2.69. The summed E-state index contributed by atoms with van der Waals surface area (Å²) in [6.45, 7) is 8.57. The number of hydrogen-bond acceptors (Lipinski definition) is 22. The molecule has 20 atom stereocenters. The van der Waals surface area contributed by atoms with Crippen LogP contribution in [-0.2, 0) is 50.7 Å². The van der Waals surface area contributed by atoms with Gasteiger partial charge in [0, 0.05) is 30.7 Å². The van der Waals surface area contributed by atoms with Gasteiger partial charge in [0.15, 0.2) is 22.8 Å². The zero-order chi connectivity index (χ0) is 59.1. The molecule has 2 aromatic rings. The molecule has 80 heavy (non-hydrogen) atoms. The van der Waals surface area contributed by atoms with Crippen LogP contribution in [0.3, 0.4) is 0 Å². The van der Waals surface area contributed by atoms with Crippen molar-refractivity contribution >= 4 is 69.1 Å². The standard InChI is InChI=1S/C48H80N7O21P3S/c1-24(28-8-9-29-36-30(19-34(59)48(28,29)6)47(5)13-11-27(56)17-26(47)18-32(36)58)7-10-31(57)25(2)45(64)80-16-15-50-35(60)12-14-51-43(63)40(62)46(3,4)21-73-79(70,71)76-78(68,69)72-20-33-39(75-77(65,66)67)38(61)44(74-33)55-23-54-37-41(49)52-22-53-42(37)55/h22-34,36,38-40,44,56-59,61-62H,7-21H2,1-6H3,(H,50,60)(H,51,63)(H,68,69)(H,70,71)(H2,49,52,53)(H2,65,66,67)/t24?,25?,26-,27+,28?,29?,30?,31?,32?,33+,34-,36?,38+,39+,40?,44+,47?,48?/m0/s1. The van der Waals surface area contributed by atoms with E-state index in [2.05, 4.69) is 55.2 Å². The van der Waals surface area contributed by atoms with E-state index in [0.29, 0.717) is 32.1 Å². The van der Waals surface area contributed by atoms with Crippen molar-refractivity contribution in [2.45, 2.75) is 161 Å². The number of carbonyl (C=O) groups is 3. The van der Waals surface area contributed by atoms with E-state index < -0.39 is 109 Å². The molecule has 2 amide bonds. The van der Waals surface area contributed by atoms with Gasteiger partial charge in [0.05, 0.1) is 49.9 Å². The van der Waals surface area contributed by atoms with Crippen LogP contribution in [0.5, 0.6) is 0 Å². The Labute approximate surface area is 467 Å². The maximum absolute atomic E-state index is 13.1. The molecule has 0 aromatic carbocycles. The Kier molecular flexibility index (Phi) is 20.7. The molecule has 4 aliphatic carbocycles. The summed E-state index contributed by atoms with van der Waals surface area (Å²) in [5.41, 5.74) is 3.82. The fourth-order valence-electron chi connectivity index (χ4n) is 13.6. The topological polar surface area (TPSA) is 445 Å². The highest BCUT2D eigenvalue weighted by molar-refractivity contribution is 8.13. The number of ether oxygens (including phenoxy) is 1. The first-order valence-electron chi connectivity index (χ1n) is 27.0. The fourth-order valence-corrected chi connectivity index (χ4v) is 17.2. The number of nitrogens with one attached hydrogen (secondary N) is 2. The summed E-state index contributed by atoms with van der Waals surface area (Å²) in [4.78, 5) is 89.9. The number of aliphatic hydroxyl groups is 6. The van der Waals surface area contributed by atoms with Crippen molar-refractivity contribution in [2.24, 2.45) is 57.7 Å². The third-order valence-electron chi connectivity index (χ3n) is 18.1. The summed E-state index contributed by atoms with van der Waals surface area (Å²) in [7, 11) is -16.5. The summed E-state index contributed by atoms with van der Waals surface area (Å²) in [6.07, 6.45) is -2.81. The third kappa shape index (κ3) is 14.5. The van der Waals surface area contributed by atoms with Gasteiger partial charge in [-0.15, -0.1) is 0 Å². The number of imidazole rings is 1. The fraction of sp³-hybridized carbons (Fsp3) is 0.833. The zero-order valence-electron chi connectivity index (χ0n) is 45.6. The van der Waals surface area contributed by atoms with Gasteiger partial charge >= 0.3 is 23.5 Å². The molecule has 5 aliphatic rings. The largest absolute Gasteiger partial charge is 0.481 e. The van der Waals surface area contributed by atoms with Crippen LogP contribution in [0.1, 0.15) is 112 Å². The minimum atomic E-state index is -5.62. The smallest absolute Gasteiger partial charge is 0.393 e. The van der Waals surface area contributed by atoms with Gasteiger partial charge in [-0.05, 0) is 104 Å². The van der Waals surface area contributed by atoms with Gasteiger partial charge in [-0.3, -0.25) is 32.5 Å². The Bertz CT molecular complexity index is 2670. The molecule has 454 valence electrons. The molecule has 5 fully saturated rings. The highest BCUT2D eigenvalue weighted by atomic mass is 32.2. The van der Waals surface area contributed by atoms with Crippen LogP contribution < -0.4 is 16.4 Å². The minimum Gasteiger partial charge on any atom is -0.393 e. The lowest BCUT2D eigenvalue weighted by atomic mass is 9.43. The Morgan fingerprint density at radius 2 is 1.62 bits per heavy atom. The summed E-state index contributed by atoms with van der Waals surface area (Å²) >= 11 is 0.968. The van der Waals surface area contributed by atoms with Gasteiger partial charge in [0.1, 0.15) is 36.3 Å². The Morgan fingerprint density at radius 1 is 0.925 bits per heavy atom. The Hall–Kier alpha value is -2.60. The Balaban J connectivity index is 0.780. The monoisotopic (exact) mass is 1220 g/mol. The number of aromatic nitrogens is 4. The van der Waals surface area contributed by atoms with E-state index >= 15 is 0 Å². The maximum Gasteiger partial charge on any atom is 0.481 e. The van der Waals surface area contributed by atoms with Gasteiger partial charge in [0.25, 0.3) is 0 Å². The van der Waals surface area contributed by atoms with Gasteiger partial charge < -0.3 is 71.3 Å². The Morgan fingerprint density at radius 3 is 2.33 bits per heavy atom. The SMILES string of the molecule is CC(CCC(O)C(C)C(=O)SCCNC(=O)CCNC(=O)C(O)C(C)(C)COP(=O)(O)OP(=O)(O)OC[C@H]1O[C@@H](n2cnc3c(N)ncnc32)[C@H](O)[C@@H]1OP(=O)(O)O)C1CCC2C3C(O)C[C@@H]4C[C@H](O)CCC4(C)C3C[C@H](O)C12C. The van der Waals surface area contributed by atoms with Crippen molar-refractivity contribution in [1.82, 2.24) is 30.2 Å². The predicted molar refractivity (Wildman–Crippen MR) is 285 cm³/mol. The van der Waals surface area contributed by atoms with Gasteiger partial charge in [-0.2, -0.15) is 4.31 Å². The van der Waals surface area contributed by atoms with Crippen LogP contribution in [0.2, 0.25) is 0 Å². The number of anilines is 1. The van der Waals surface area contributed by atoms with Crippen LogP contribution in [0, 0.1) is 57.7 Å². The number of nitrogens with two attached hydrogens (primary N) is 1. The van der Waals surface area contributed by atoms with Crippen LogP contribution in [-0.4, -0.2) is 168 Å². The van der Waals surface area contributed by atoms with Crippen molar-refractivity contribution in [1.29, 1.82) is 0 Å². The van der Waals surface area contributed by atoms with Gasteiger partial charge in [0.2, 0.25) is 11.8 Å². The first-order valence-corrected chi connectivity index (χ1v) is 32.5. The summed E-state index contributed by atoms with van der Waals surface area (Å²) in [5.74, 6) is -1.01. The number of nitrogens with zero attached hydrogens (tertiary/aromatic N) is 4. The number of rotatable bonds is 25. The molecule has 13 unspecified atom stereocenters. The average molecular weight is 1220 g/mol. The summed E-state index contributed by atoms with van der Waals surface area (Å²) in [6, 6.07) is 0. The molecule has 4 saturated carbocycles. The molecule has 0 radical (unpaired) electrons. The molecular formula is C48H80N7O21P3S. The lowest BCUT2D eigenvalue weighted by molar-refractivity contribution is -0.207. The summed E-state index contributed by atoms with van der Waals surface area (Å²) in [5, 5.41) is 71.6. The normalized spacial score (nSPS) is 34.7. The number of thioether (sulfide) groups is 1. The van der Waals surface area contributed by atoms with Crippen molar-refractivity contribution in [3.63, 3.8) is 0 Å². The first-order chi connectivity index (χ1) is 37.2. The van der Waals surface area contributed by atoms with E-state index in [1.54, 1.807) is 6.92 Å². The molecule has 7 rings (SSSR count). The molecule has 14 N–H and O–H groups in total. The van der Waals surface area contributed by atoms with Crippen LogP contribution in [0.15, 0.2) is 12.7 Å². The number of phosphoric acid groups is 3. The zero-order valence-corrected chi connectivity index (χ0v) is 49.1. The van der Waals surface area contributed by atoms with E-state index in [1.165, 1.54) is 13.8 Å². The molecule has 1 aliphatic heterocycles. The molecule has 32 heteroatoms. The molecule has 0 spiro atoms. The lowest BCUT2D eigenvalue weighted by Crippen LogP contribution is -2.62. The van der Waals surface area contributed by atoms with Crippen molar-refractivity contribution in [3.05, 3.63) is 12.7 Å². The van der Waals surface area contributed by atoms with Crippen molar-refractivity contribution in [3.8, 4) is 0 Å². The number of phosphoric ester groups is 3. The summed E-state index contributed by atoms with van der Waals surface area (Å²) < 4.78 is 62.8. The maximum atomic E-state index is 13.1. The second-order valence-electron chi connectivity index (χ2n) is 23.7. The molecule has 0 bridgehead atoms. The second-order valence-corrected chi connectivity index (χ2v) is 29.0. The van der Waals surface area contributed by atoms with E-state index in [9.17, 15) is 78.3 Å². The number of amides is 2. The number of carbonyl (C=O) groups excluding carboxylic acids is 3. The number of hydrogen-bond donors (Lipinski definition) is 13. The third-order valence-corrected chi connectivity index (χ3v) is 22.3. The quantitative estimate of drug-likeness (QED) is 0.0500. The lowest BCUT2D eigenvalue weighted by Gasteiger charge is -2.63.